The second-order valence-corrected chi connectivity index (χ2v) is 5.20. The number of piperazine rings is 1. The lowest BCUT2D eigenvalue weighted by molar-refractivity contribution is -0.151. The molecule has 0 radical (unpaired) electrons. The number of nitrogens with one attached hydrogen (secondary N) is 1. The van der Waals surface area contributed by atoms with Gasteiger partial charge in [0.2, 0.25) is 11.8 Å². The molecule has 3 unspecified atom stereocenters. The summed E-state index contributed by atoms with van der Waals surface area (Å²) in [6, 6.07) is -0.850. The summed E-state index contributed by atoms with van der Waals surface area (Å²) in [7, 11) is 1.61. The van der Waals surface area contributed by atoms with E-state index < -0.39 is 12.1 Å². The van der Waals surface area contributed by atoms with Crippen molar-refractivity contribution in [3.8, 4) is 0 Å². The molecular formula is C14H26N2O4. The lowest BCUT2D eigenvalue weighted by atomic mass is 9.93. The van der Waals surface area contributed by atoms with Crippen LogP contribution in [0.3, 0.4) is 0 Å². The Hall–Kier alpha value is -1.14. The highest BCUT2D eigenvalue weighted by atomic mass is 16.5. The molecule has 0 aromatic heterocycles. The van der Waals surface area contributed by atoms with E-state index >= 15 is 0 Å². The third-order valence-corrected chi connectivity index (χ3v) is 3.71. The fourth-order valence-corrected chi connectivity index (χ4v) is 2.33. The first kappa shape index (κ1) is 16.9. The number of nitrogens with zero attached hydrogens (tertiary/aromatic N) is 1. The zero-order valence-electron chi connectivity index (χ0n) is 12.8. The van der Waals surface area contributed by atoms with Crippen molar-refractivity contribution < 1.29 is 19.1 Å². The molecule has 1 aliphatic heterocycles. The van der Waals surface area contributed by atoms with Gasteiger partial charge in [0.15, 0.2) is 0 Å². The van der Waals surface area contributed by atoms with E-state index in [0.717, 1.165) is 6.42 Å². The number of rotatable bonds is 8. The minimum atomic E-state index is -0.457. The molecule has 1 N–H and O–H groups in total. The monoisotopic (exact) mass is 286 g/mol. The van der Waals surface area contributed by atoms with E-state index in [1.54, 1.807) is 18.9 Å². The molecule has 0 aliphatic carbocycles. The summed E-state index contributed by atoms with van der Waals surface area (Å²) in [6.07, 6.45) is 0.848. The number of carbonyl (C=O) groups is 2. The van der Waals surface area contributed by atoms with Gasteiger partial charge in [-0.15, -0.1) is 0 Å². The molecule has 6 nitrogen and oxygen atoms in total. The van der Waals surface area contributed by atoms with Gasteiger partial charge < -0.3 is 19.7 Å². The van der Waals surface area contributed by atoms with E-state index in [1.165, 1.54) is 0 Å². The van der Waals surface area contributed by atoms with Crippen LogP contribution in [0.4, 0.5) is 0 Å². The van der Waals surface area contributed by atoms with Gasteiger partial charge in [-0.2, -0.15) is 0 Å². The van der Waals surface area contributed by atoms with Gasteiger partial charge in [-0.05, 0) is 12.8 Å². The first-order valence-corrected chi connectivity index (χ1v) is 7.20. The number of amides is 2. The van der Waals surface area contributed by atoms with Crippen molar-refractivity contribution in [1.82, 2.24) is 10.2 Å². The molecule has 2 amide bonds. The van der Waals surface area contributed by atoms with Gasteiger partial charge in [0.25, 0.3) is 0 Å². The zero-order chi connectivity index (χ0) is 15.1. The largest absolute Gasteiger partial charge is 0.382 e. The highest BCUT2D eigenvalue weighted by Crippen LogP contribution is 2.19. The Bertz CT molecular complexity index is 335. The predicted molar refractivity (Wildman–Crippen MR) is 75.3 cm³/mol. The van der Waals surface area contributed by atoms with Gasteiger partial charge in [0, 0.05) is 13.7 Å². The molecule has 1 aliphatic rings. The molecule has 1 saturated heterocycles. The Morgan fingerprint density at radius 1 is 1.30 bits per heavy atom. The summed E-state index contributed by atoms with van der Waals surface area (Å²) >= 11 is 0. The maximum atomic E-state index is 12.3. The highest BCUT2D eigenvalue weighted by Gasteiger charge is 2.40. The molecule has 6 heteroatoms. The molecule has 0 aromatic rings. The maximum absolute atomic E-state index is 12.3. The van der Waals surface area contributed by atoms with E-state index in [2.05, 4.69) is 5.32 Å². The second-order valence-electron chi connectivity index (χ2n) is 5.20. The first-order valence-electron chi connectivity index (χ1n) is 7.20. The number of hydrogen-bond donors (Lipinski definition) is 1. The molecule has 1 heterocycles. The summed E-state index contributed by atoms with van der Waals surface area (Å²) in [5, 5.41) is 2.74. The van der Waals surface area contributed by atoms with Crippen LogP contribution in [0.1, 0.15) is 27.2 Å². The first-order chi connectivity index (χ1) is 9.52. The number of carbonyl (C=O) groups excluding carboxylic acids is 2. The molecule has 0 bridgehead atoms. The van der Waals surface area contributed by atoms with Gasteiger partial charge in [-0.1, -0.05) is 20.3 Å². The van der Waals surface area contributed by atoms with Crippen LogP contribution in [0, 0.1) is 5.92 Å². The molecule has 20 heavy (non-hydrogen) atoms. The average Bonchev–Trinajstić information content (AvgIpc) is 2.43. The SMILES string of the molecule is CCC(C)C1C(=O)NC(C)C(=O)N1CCOCCOC. The van der Waals surface area contributed by atoms with Crippen molar-refractivity contribution in [3.05, 3.63) is 0 Å². The molecule has 0 saturated carbocycles. The highest BCUT2D eigenvalue weighted by molar-refractivity contribution is 5.96. The zero-order valence-corrected chi connectivity index (χ0v) is 12.8. The molecule has 1 rings (SSSR count). The molecule has 116 valence electrons. The van der Waals surface area contributed by atoms with E-state index in [4.69, 9.17) is 9.47 Å². The van der Waals surface area contributed by atoms with Crippen molar-refractivity contribution in [2.45, 2.75) is 39.3 Å². The standard InChI is InChI=1S/C14H26N2O4/c1-5-10(2)12-13(17)15-11(3)14(18)16(12)6-7-20-9-8-19-4/h10-12H,5-9H2,1-4H3,(H,15,17). The molecule has 1 fully saturated rings. The quantitative estimate of drug-likeness (QED) is 0.656. The van der Waals surface area contributed by atoms with Gasteiger partial charge in [-0.3, -0.25) is 9.59 Å². The van der Waals surface area contributed by atoms with Gasteiger partial charge in [-0.25, -0.2) is 0 Å². The molecular weight excluding hydrogens is 260 g/mol. The Balaban J connectivity index is 2.63. The predicted octanol–water partition coefficient (Wildman–Crippen LogP) is 0.411. The van der Waals surface area contributed by atoms with Crippen molar-refractivity contribution in [2.24, 2.45) is 5.92 Å². The fraction of sp³-hybridized carbons (Fsp3) is 0.857. The molecule has 0 spiro atoms. The van der Waals surface area contributed by atoms with Crippen LogP contribution in [-0.2, 0) is 19.1 Å². The van der Waals surface area contributed by atoms with E-state index in [9.17, 15) is 9.59 Å². The smallest absolute Gasteiger partial charge is 0.245 e. The minimum Gasteiger partial charge on any atom is -0.382 e. The summed E-state index contributed by atoms with van der Waals surface area (Å²) in [5.74, 6) is 0.0269. The number of methoxy groups -OCH3 is 1. The van der Waals surface area contributed by atoms with Crippen molar-refractivity contribution in [2.75, 3.05) is 33.5 Å². The Morgan fingerprint density at radius 2 is 2.00 bits per heavy atom. The summed E-state index contributed by atoms with van der Waals surface area (Å²) in [6.45, 7) is 7.61. The van der Waals surface area contributed by atoms with Crippen LogP contribution in [0.2, 0.25) is 0 Å². The Kier molecular flexibility index (Phi) is 6.95. The lowest BCUT2D eigenvalue weighted by Crippen LogP contribution is -2.64. The van der Waals surface area contributed by atoms with Crippen molar-refractivity contribution in [3.63, 3.8) is 0 Å². The Morgan fingerprint density at radius 3 is 2.60 bits per heavy atom. The van der Waals surface area contributed by atoms with Crippen LogP contribution in [0.5, 0.6) is 0 Å². The van der Waals surface area contributed by atoms with E-state index in [1.807, 2.05) is 13.8 Å². The van der Waals surface area contributed by atoms with Gasteiger partial charge in [0.1, 0.15) is 12.1 Å². The second kappa shape index (κ2) is 8.21. The van der Waals surface area contributed by atoms with Crippen LogP contribution in [0.15, 0.2) is 0 Å². The molecule has 0 aromatic carbocycles. The number of hydrogen-bond acceptors (Lipinski definition) is 4. The van der Waals surface area contributed by atoms with Gasteiger partial charge >= 0.3 is 0 Å². The van der Waals surface area contributed by atoms with Crippen LogP contribution >= 0.6 is 0 Å². The van der Waals surface area contributed by atoms with E-state index in [0.29, 0.717) is 26.4 Å². The average molecular weight is 286 g/mol. The summed E-state index contributed by atoms with van der Waals surface area (Å²) < 4.78 is 10.3. The normalized spacial score (nSPS) is 24.7. The van der Waals surface area contributed by atoms with Crippen LogP contribution < -0.4 is 5.32 Å². The van der Waals surface area contributed by atoms with E-state index in [-0.39, 0.29) is 17.7 Å². The fourth-order valence-electron chi connectivity index (χ4n) is 2.33. The number of ether oxygens (including phenoxy) is 2. The third-order valence-electron chi connectivity index (χ3n) is 3.71. The minimum absolute atomic E-state index is 0.0368. The van der Waals surface area contributed by atoms with Gasteiger partial charge in [0.05, 0.1) is 19.8 Å². The van der Waals surface area contributed by atoms with Crippen LogP contribution in [0.25, 0.3) is 0 Å². The Labute approximate surface area is 120 Å². The van der Waals surface area contributed by atoms with Crippen molar-refractivity contribution >= 4 is 11.8 Å². The third kappa shape index (κ3) is 4.18. The summed E-state index contributed by atoms with van der Waals surface area (Å²) in [5.41, 5.74) is 0. The maximum Gasteiger partial charge on any atom is 0.245 e. The topological polar surface area (TPSA) is 67.9 Å². The van der Waals surface area contributed by atoms with Crippen molar-refractivity contribution in [1.29, 1.82) is 0 Å². The van der Waals surface area contributed by atoms with Crippen LogP contribution in [-0.4, -0.2) is 62.3 Å². The molecule has 3 atom stereocenters. The lowest BCUT2D eigenvalue weighted by Gasteiger charge is -2.40. The summed E-state index contributed by atoms with van der Waals surface area (Å²) in [4.78, 5) is 26.0.